The van der Waals surface area contributed by atoms with Crippen LogP contribution in [0.5, 0.6) is 0 Å². The van der Waals surface area contributed by atoms with E-state index in [2.05, 4.69) is 13.0 Å². The molecule has 2 unspecified atom stereocenters. The molecule has 2 heteroatoms. The Morgan fingerprint density at radius 2 is 2.50 bits per heavy atom. The molecule has 0 aromatic carbocycles. The second-order valence-corrected chi connectivity index (χ2v) is 2.56. The molecule has 10 heavy (non-hydrogen) atoms. The fourth-order valence-electron chi connectivity index (χ4n) is 0.998. The molecule has 0 saturated carbocycles. The third kappa shape index (κ3) is 2.03. The summed E-state index contributed by atoms with van der Waals surface area (Å²) in [7, 11) is 0. The summed E-state index contributed by atoms with van der Waals surface area (Å²) in [5, 5.41) is 0. The van der Waals surface area contributed by atoms with Crippen LogP contribution in [-0.2, 0) is 9.47 Å². The highest BCUT2D eigenvalue weighted by Crippen LogP contribution is 2.16. The summed E-state index contributed by atoms with van der Waals surface area (Å²) in [6.07, 6.45) is 4.75. The third-order valence-corrected chi connectivity index (χ3v) is 1.55. The molecule has 0 N–H and O–H groups in total. The standard InChI is InChI=1S/C8H14O2/c1-3-9-8-6-7(2)4-5-10-8/h4-5,7-8H,3,6H2,1-2H3. The maximum atomic E-state index is 5.28. The summed E-state index contributed by atoms with van der Waals surface area (Å²) in [4.78, 5) is 0. The number of hydrogen-bond acceptors (Lipinski definition) is 2. The summed E-state index contributed by atoms with van der Waals surface area (Å²) in [6.45, 7) is 4.86. The van der Waals surface area contributed by atoms with Crippen LogP contribution in [0.25, 0.3) is 0 Å². The maximum Gasteiger partial charge on any atom is 0.199 e. The Morgan fingerprint density at radius 1 is 1.70 bits per heavy atom. The molecule has 0 spiro atoms. The zero-order valence-corrected chi connectivity index (χ0v) is 6.54. The molecule has 0 fully saturated rings. The highest BCUT2D eigenvalue weighted by atomic mass is 16.7. The van der Waals surface area contributed by atoms with Crippen LogP contribution in [0.3, 0.4) is 0 Å². The van der Waals surface area contributed by atoms with Crippen LogP contribution in [-0.4, -0.2) is 12.9 Å². The number of ether oxygens (including phenoxy) is 2. The van der Waals surface area contributed by atoms with Crippen LogP contribution in [0, 0.1) is 5.92 Å². The van der Waals surface area contributed by atoms with Gasteiger partial charge in [0.05, 0.1) is 6.26 Å². The first-order chi connectivity index (χ1) is 4.83. The molecule has 0 radical (unpaired) electrons. The van der Waals surface area contributed by atoms with Gasteiger partial charge in [0, 0.05) is 13.0 Å². The normalized spacial score (nSPS) is 31.8. The molecule has 1 heterocycles. The van der Waals surface area contributed by atoms with Gasteiger partial charge < -0.3 is 9.47 Å². The minimum atomic E-state index is -0.00926. The zero-order chi connectivity index (χ0) is 7.40. The van der Waals surface area contributed by atoms with Crippen LogP contribution in [0.1, 0.15) is 20.3 Å². The first kappa shape index (κ1) is 7.61. The van der Waals surface area contributed by atoms with E-state index < -0.39 is 0 Å². The van der Waals surface area contributed by atoms with Gasteiger partial charge in [-0.25, -0.2) is 0 Å². The van der Waals surface area contributed by atoms with Crippen molar-refractivity contribution < 1.29 is 9.47 Å². The first-order valence-corrected chi connectivity index (χ1v) is 3.76. The van der Waals surface area contributed by atoms with Crippen LogP contribution in [0.2, 0.25) is 0 Å². The van der Waals surface area contributed by atoms with Crippen molar-refractivity contribution in [2.45, 2.75) is 26.6 Å². The summed E-state index contributed by atoms with van der Waals surface area (Å²) < 4.78 is 10.5. The van der Waals surface area contributed by atoms with E-state index in [0.29, 0.717) is 5.92 Å². The highest BCUT2D eigenvalue weighted by Gasteiger charge is 2.14. The molecule has 0 saturated heterocycles. The predicted octanol–water partition coefficient (Wildman–Crippen LogP) is 1.92. The van der Waals surface area contributed by atoms with Crippen LogP contribution in [0.4, 0.5) is 0 Å². The van der Waals surface area contributed by atoms with E-state index in [1.165, 1.54) is 0 Å². The van der Waals surface area contributed by atoms with E-state index in [4.69, 9.17) is 9.47 Å². The van der Waals surface area contributed by atoms with Crippen LogP contribution in [0.15, 0.2) is 12.3 Å². The molecule has 0 amide bonds. The Hall–Kier alpha value is -0.500. The smallest absolute Gasteiger partial charge is 0.199 e. The van der Waals surface area contributed by atoms with Crippen LogP contribution >= 0.6 is 0 Å². The third-order valence-electron chi connectivity index (χ3n) is 1.55. The monoisotopic (exact) mass is 142 g/mol. The molecule has 0 aromatic heterocycles. The summed E-state index contributed by atoms with van der Waals surface area (Å²) in [5.41, 5.74) is 0. The topological polar surface area (TPSA) is 18.5 Å². The van der Waals surface area contributed by atoms with Gasteiger partial charge >= 0.3 is 0 Å². The van der Waals surface area contributed by atoms with Crippen molar-refractivity contribution >= 4 is 0 Å². The number of allylic oxidation sites excluding steroid dienone is 1. The average Bonchev–Trinajstić information content (AvgIpc) is 1.88. The molecule has 2 atom stereocenters. The van der Waals surface area contributed by atoms with Gasteiger partial charge in [0.15, 0.2) is 6.29 Å². The number of rotatable bonds is 2. The van der Waals surface area contributed by atoms with E-state index in [-0.39, 0.29) is 6.29 Å². The lowest BCUT2D eigenvalue weighted by Gasteiger charge is -2.22. The average molecular weight is 142 g/mol. The van der Waals surface area contributed by atoms with Crippen molar-refractivity contribution in [2.24, 2.45) is 5.92 Å². The lowest BCUT2D eigenvalue weighted by Crippen LogP contribution is -2.20. The second-order valence-electron chi connectivity index (χ2n) is 2.56. The maximum absolute atomic E-state index is 5.28. The minimum absolute atomic E-state index is 0.00926. The quantitative estimate of drug-likeness (QED) is 0.586. The SMILES string of the molecule is CCOC1CC(C)C=CO1. The van der Waals surface area contributed by atoms with Gasteiger partial charge in [-0.05, 0) is 18.9 Å². The fraction of sp³-hybridized carbons (Fsp3) is 0.750. The summed E-state index contributed by atoms with van der Waals surface area (Å²) in [5.74, 6) is 0.588. The van der Waals surface area contributed by atoms with Gasteiger partial charge in [-0.3, -0.25) is 0 Å². The Labute approximate surface area is 61.8 Å². The largest absolute Gasteiger partial charge is 0.473 e. The van der Waals surface area contributed by atoms with E-state index in [1.54, 1.807) is 6.26 Å². The molecule has 1 aliphatic rings. The molecular weight excluding hydrogens is 128 g/mol. The van der Waals surface area contributed by atoms with Gasteiger partial charge in [0.25, 0.3) is 0 Å². The summed E-state index contributed by atoms with van der Waals surface area (Å²) in [6, 6.07) is 0. The lowest BCUT2D eigenvalue weighted by molar-refractivity contribution is -0.117. The van der Waals surface area contributed by atoms with Crippen molar-refractivity contribution in [3.63, 3.8) is 0 Å². The van der Waals surface area contributed by atoms with Crippen molar-refractivity contribution in [1.29, 1.82) is 0 Å². The fourth-order valence-corrected chi connectivity index (χ4v) is 0.998. The van der Waals surface area contributed by atoms with Gasteiger partial charge in [-0.15, -0.1) is 0 Å². The zero-order valence-electron chi connectivity index (χ0n) is 6.54. The predicted molar refractivity (Wildman–Crippen MR) is 39.4 cm³/mol. The van der Waals surface area contributed by atoms with E-state index in [1.807, 2.05) is 6.92 Å². The molecule has 0 aromatic rings. The molecule has 2 nitrogen and oxygen atoms in total. The lowest BCUT2D eigenvalue weighted by atomic mass is 10.1. The van der Waals surface area contributed by atoms with E-state index >= 15 is 0 Å². The highest BCUT2D eigenvalue weighted by molar-refractivity contribution is 4.85. The van der Waals surface area contributed by atoms with E-state index in [9.17, 15) is 0 Å². The van der Waals surface area contributed by atoms with Gasteiger partial charge in [-0.1, -0.05) is 6.92 Å². The van der Waals surface area contributed by atoms with Gasteiger partial charge in [0.2, 0.25) is 0 Å². The Morgan fingerprint density at radius 3 is 3.10 bits per heavy atom. The molecule has 58 valence electrons. The molecule has 1 rings (SSSR count). The molecule has 0 bridgehead atoms. The van der Waals surface area contributed by atoms with Crippen molar-refractivity contribution in [2.75, 3.05) is 6.61 Å². The van der Waals surface area contributed by atoms with Crippen molar-refractivity contribution in [3.8, 4) is 0 Å². The molecule has 0 aliphatic carbocycles. The second kappa shape index (κ2) is 3.62. The minimum Gasteiger partial charge on any atom is -0.473 e. The van der Waals surface area contributed by atoms with Crippen molar-refractivity contribution in [1.82, 2.24) is 0 Å². The first-order valence-electron chi connectivity index (χ1n) is 3.76. The van der Waals surface area contributed by atoms with Gasteiger partial charge in [-0.2, -0.15) is 0 Å². The van der Waals surface area contributed by atoms with Gasteiger partial charge in [0.1, 0.15) is 0 Å². The van der Waals surface area contributed by atoms with Crippen LogP contribution < -0.4 is 0 Å². The van der Waals surface area contributed by atoms with Crippen molar-refractivity contribution in [3.05, 3.63) is 12.3 Å². The molecule has 1 aliphatic heterocycles. The van der Waals surface area contributed by atoms with E-state index in [0.717, 1.165) is 13.0 Å². The summed E-state index contributed by atoms with van der Waals surface area (Å²) >= 11 is 0. The molecular formula is C8H14O2. The Bertz CT molecular complexity index is 120. The number of hydrogen-bond donors (Lipinski definition) is 0. The Balaban J connectivity index is 2.29. The Kier molecular flexibility index (Phi) is 2.75.